The lowest BCUT2D eigenvalue weighted by molar-refractivity contribution is 0.0933. The number of carbonyl (C=O) groups is 1. The van der Waals surface area contributed by atoms with Crippen LogP contribution in [0, 0.1) is 11.3 Å². The third-order valence-corrected chi connectivity index (χ3v) is 3.33. The average Bonchev–Trinajstić information content (AvgIpc) is 2.53. The van der Waals surface area contributed by atoms with E-state index in [1.807, 2.05) is 12.1 Å². The molecule has 0 bridgehead atoms. The van der Waals surface area contributed by atoms with Crippen molar-refractivity contribution in [2.24, 2.45) is 0 Å². The molecule has 0 fully saturated rings. The molecule has 104 valence electrons. The molecule has 0 saturated carbocycles. The van der Waals surface area contributed by atoms with Gasteiger partial charge >= 0.3 is 0 Å². The lowest BCUT2D eigenvalue weighted by Crippen LogP contribution is -2.15. The Labute approximate surface area is 122 Å². The predicted octanol–water partition coefficient (Wildman–Crippen LogP) is 3.10. The number of benzene rings is 2. The zero-order chi connectivity index (χ0) is 14.7. The molecular weight excluding hydrogens is 266 g/mol. The fourth-order valence-corrected chi connectivity index (χ4v) is 2.17. The second-order valence-electron chi connectivity index (χ2n) is 4.78. The van der Waals surface area contributed by atoms with E-state index in [1.54, 1.807) is 30.3 Å². The fourth-order valence-electron chi connectivity index (χ4n) is 2.17. The van der Waals surface area contributed by atoms with E-state index < -0.39 is 0 Å². The highest BCUT2D eigenvalue weighted by molar-refractivity contribution is 5.99. The number of nitrogens with zero attached hydrogens (tertiary/aromatic N) is 1. The molecule has 0 amide bonds. The second-order valence-corrected chi connectivity index (χ2v) is 4.78. The molecule has 1 heterocycles. The Morgan fingerprint density at radius 1 is 1.19 bits per heavy atom. The molecule has 3 rings (SSSR count). The third-order valence-electron chi connectivity index (χ3n) is 3.33. The zero-order valence-electron chi connectivity index (χ0n) is 11.3. The standard InChI is InChI=1S/C17H13NO3/c18-10-12-1-3-13(4-2-12)11-21-14-5-6-15-16(19)7-8-20-17(15)9-14/h1-6,9H,7-8,11H2. The summed E-state index contributed by atoms with van der Waals surface area (Å²) < 4.78 is 11.2. The molecule has 2 aromatic rings. The molecule has 0 atom stereocenters. The van der Waals surface area contributed by atoms with Gasteiger partial charge in [0.15, 0.2) is 5.78 Å². The van der Waals surface area contributed by atoms with E-state index in [9.17, 15) is 4.79 Å². The molecule has 21 heavy (non-hydrogen) atoms. The molecular formula is C17H13NO3. The molecule has 0 unspecified atom stereocenters. The molecule has 0 saturated heterocycles. The monoisotopic (exact) mass is 279 g/mol. The van der Waals surface area contributed by atoms with E-state index in [2.05, 4.69) is 6.07 Å². The van der Waals surface area contributed by atoms with E-state index in [0.29, 0.717) is 42.3 Å². The first-order valence-corrected chi connectivity index (χ1v) is 6.68. The van der Waals surface area contributed by atoms with Crippen LogP contribution in [0.1, 0.15) is 27.9 Å². The summed E-state index contributed by atoms with van der Waals surface area (Å²) in [7, 11) is 0. The van der Waals surface area contributed by atoms with Crippen LogP contribution in [-0.4, -0.2) is 12.4 Å². The van der Waals surface area contributed by atoms with Crippen molar-refractivity contribution >= 4 is 5.78 Å². The van der Waals surface area contributed by atoms with Crippen molar-refractivity contribution in [3.63, 3.8) is 0 Å². The SMILES string of the molecule is N#Cc1ccc(COc2ccc3c(c2)OCCC3=O)cc1. The van der Waals surface area contributed by atoms with Crippen molar-refractivity contribution in [1.29, 1.82) is 5.26 Å². The molecule has 1 aliphatic rings. The van der Waals surface area contributed by atoms with Crippen LogP contribution in [-0.2, 0) is 6.61 Å². The Morgan fingerprint density at radius 3 is 2.76 bits per heavy atom. The van der Waals surface area contributed by atoms with Gasteiger partial charge in [-0.3, -0.25) is 4.79 Å². The first-order chi connectivity index (χ1) is 10.3. The first-order valence-electron chi connectivity index (χ1n) is 6.68. The number of nitriles is 1. The Morgan fingerprint density at radius 2 is 2.00 bits per heavy atom. The first kappa shape index (κ1) is 13.2. The van der Waals surface area contributed by atoms with Crippen LogP contribution in [0.5, 0.6) is 11.5 Å². The van der Waals surface area contributed by atoms with Gasteiger partial charge in [0.05, 0.1) is 23.8 Å². The van der Waals surface area contributed by atoms with Crippen LogP contribution in [0.25, 0.3) is 0 Å². The highest BCUT2D eigenvalue weighted by Gasteiger charge is 2.18. The molecule has 0 radical (unpaired) electrons. The van der Waals surface area contributed by atoms with Crippen LogP contribution in [0.3, 0.4) is 0 Å². The summed E-state index contributed by atoms with van der Waals surface area (Å²) in [6.07, 6.45) is 0.429. The van der Waals surface area contributed by atoms with Crippen molar-refractivity contribution in [1.82, 2.24) is 0 Å². The lowest BCUT2D eigenvalue weighted by Gasteiger charge is -2.17. The maximum atomic E-state index is 11.7. The minimum atomic E-state index is 0.106. The number of hydrogen-bond donors (Lipinski definition) is 0. The van der Waals surface area contributed by atoms with Gasteiger partial charge in [0.1, 0.15) is 18.1 Å². The Kier molecular flexibility index (Phi) is 3.57. The second kappa shape index (κ2) is 5.68. The summed E-state index contributed by atoms with van der Waals surface area (Å²) >= 11 is 0. The summed E-state index contributed by atoms with van der Waals surface area (Å²) in [4.78, 5) is 11.7. The predicted molar refractivity (Wildman–Crippen MR) is 76.4 cm³/mol. The van der Waals surface area contributed by atoms with E-state index >= 15 is 0 Å². The maximum absolute atomic E-state index is 11.7. The van der Waals surface area contributed by atoms with Gasteiger partial charge in [-0.05, 0) is 29.8 Å². The molecule has 2 aromatic carbocycles. The van der Waals surface area contributed by atoms with Crippen molar-refractivity contribution in [2.45, 2.75) is 13.0 Å². The summed E-state index contributed by atoms with van der Waals surface area (Å²) in [6.45, 7) is 0.823. The van der Waals surface area contributed by atoms with Gasteiger partial charge in [-0.2, -0.15) is 5.26 Å². The molecule has 0 spiro atoms. The topological polar surface area (TPSA) is 59.3 Å². The summed E-state index contributed by atoms with van der Waals surface area (Å²) in [5.41, 5.74) is 2.22. The third kappa shape index (κ3) is 2.87. The zero-order valence-corrected chi connectivity index (χ0v) is 11.3. The molecule has 0 aromatic heterocycles. The molecule has 4 nitrogen and oxygen atoms in total. The number of fused-ring (bicyclic) bond motifs is 1. The Hall–Kier alpha value is -2.80. The van der Waals surface area contributed by atoms with Crippen molar-refractivity contribution < 1.29 is 14.3 Å². The molecule has 0 aliphatic carbocycles. The van der Waals surface area contributed by atoms with Gasteiger partial charge in [0, 0.05) is 12.5 Å². The van der Waals surface area contributed by atoms with Crippen LogP contribution in [0.4, 0.5) is 0 Å². The Balaban J connectivity index is 1.70. The maximum Gasteiger partial charge on any atom is 0.169 e. The number of Topliss-reactive ketones (excluding diaryl/α,β-unsaturated/α-hetero) is 1. The average molecular weight is 279 g/mol. The van der Waals surface area contributed by atoms with Crippen molar-refractivity contribution in [2.75, 3.05) is 6.61 Å². The summed E-state index contributed by atoms with van der Waals surface area (Å²) in [5.74, 6) is 1.35. The summed E-state index contributed by atoms with van der Waals surface area (Å²) in [5, 5.41) is 8.75. The fraction of sp³-hybridized carbons (Fsp3) is 0.176. The highest BCUT2D eigenvalue weighted by Crippen LogP contribution is 2.29. The Bertz CT molecular complexity index is 714. The van der Waals surface area contributed by atoms with Crippen molar-refractivity contribution in [3.05, 3.63) is 59.2 Å². The molecule has 1 aliphatic heterocycles. The van der Waals surface area contributed by atoms with Gasteiger partial charge in [0.25, 0.3) is 0 Å². The van der Waals surface area contributed by atoms with Gasteiger partial charge < -0.3 is 9.47 Å². The van der Waals surface area contributed by atoms with Crippen LogP contribution in [0.15, 0.2) is 42.5 Å². The smallest absolute Gasteiger partial charge is 0.169 e. The molecule has 4 heteroatoms. The van der Waals surface area contributed by atoms with Crippen LogP contribution >= 0.6 is 0 Å². The number of carbonyl (C=O) groups excluding carboxylic acids is 1. The minimum Gasteiger partial charge on any atom is -0.492 e. The van der Waals surface area contributed by atoms with Gasteiger partial charge in [0.2, 0.25) is 0 Å². The van der Waals surface area contributed by atoms with E-state index in [-0.39, 0.29) is 5.78 Å². The largest absolute Gasteiger partial charge is 0.492 e. The van der Waals surface area contributed by atoms with Crippen LogP contribution < -0.4 is 9.47 Å². The minimum absolute atomic E-state index is 0.106. The number of ketones is 1. The van der Waals surface area contributed by atoms with E-state index in [4.69, 9.17) is 14.7 Å². The quantitative estimate of drug-likeness (QED) is 0.866. The number of ether oxygens (including phenoxy) is 2. The van der Waals surface area contributed by atoms with Crippen molar-refractivity contribution in [3.8, 4) is 17.6 Å². The van der Waals surface area contributed by atoms with E-state index in [1.165, 1.54) is 0 Å². The number of rotatable bonds is 3. The van der Waals surface area contributed by atoms with Crippen LogP contribution in [0.2, 0.25) is 0 Å². The lowest BCUT2D eigenvalue weighted by atomic mass is 10.1. The van der Waals surface area contributed by atoms with E-state index in [0.717, 1.165) is 5.56 Å². The summed E-state index contributed by atoms with van der Waals surface area (Å²) in [6, 6.07) is 14.6. The van der Waals surface area contributed by atoms with Gasteiger partial charge in [-0.15, -0.1) is 0 Å². The van der Waals surface area contributed by atoms with Gasteiger partial charge in [-0.25, -0.2) is 0 Å². The number of hydrogen-bond acceptors (Lipinski definition) is 4. The normalized spacial score (nSPS) is 13.0. The van der Waals surface area contributed by atoms with Gasteiger partial charge in [-0.1, -0.05) is 12.1 Å². The highest BCUT2D eigenvalue weighted by atomic mass is 16.5. The molecule has 0 N–H and O–H groups in total.